The minimum Gasteiger partial charge on any atom is -0.391 e. The largest absolute Gasteiger partial charge is 0.391 e. The van der Waals surface area contributed by atoms with E-state index in [4.69, 9.17) is 0 Å². The van der Waals surface area contributed by atoms with Gasteiger partial charge in [-0.15, -0.1) is 11.3 Å². The van der Waals surface area contributed by atoms with E-state index in [0.717, 1.165) is 23.6 Å². The molecule has 0 spiro atoms. The number of hydrogen-bond acceptors (Lipinski definition) is 5. The predicted octanol–water partition coefficient (Wildman–Crippen LogP) is 2.69. The first kappa shape index (κ1) is 15.8. The lowest BCUT2D eigenvalue weighted by atomic mass is 10.2. The molecular formula is C17H20N4OS. The molecule has 120 valence electrons. The predicted molar refractivity (Wildman–Crippen MR) is 90.5 cm³/mol. The molecule has 3 rings (SSSR count). The van der Waals surface area contributed by atoms with Gasteiger partial charge in [0.15, 0.2) is 5.82 Å². The second-order valence-corrected chi connectivity index (χ2v) is 6.51. The Morgan fingerprint density at radius 2 is 2.17 bits per heavy atom. The number of pyridine rings is 1. The molecule has 0 aromatic carbocycles. The fraction of sp³-hybridized carbons (Fsp3) is 0.353. The fourth-order valence-corrected chi connectivity index (χ4v) is 3.06. The molecular weight excluding hydrogens is 308 g/mol. The zero-order valence-electron chi connectivity index (χ0n) is 13.1. The van der Waals surface area contributed by atoms with Crippen LogP contribution in [0.3, 0.4) is 0 Å². The van der Waals surface area contributed by atoms with Gasteiger partial charge in [0.2, 0.25) is 0 Å². The number of aromatic nitrogens is 4. The summed E-state index contributed by atoms with van der Waals surface area (Å²) in [7, 11) is 0. The third-order valence-electron chi connectivity index (χ3n) is 3.64. The molecule has 0 saturated carbocycles. The maximum Gasteiger partial charge on any atom is 0.156 e. The lowest BCUT2D eigenvalue weighted by molar-refractivity contribution is 0.144. The molecule has 3 aromatic heterocycles. The summed E-state index contributed by atoms with van der Waals surface area (Å²) in [5.41, 5.74) is 1.09. The Bertz CT molecular complexity index is 724. The van der Waals surface area contributed by atoms with Crippen LogP contribution in [0.2, 0.25) is 0 Å². The number of nitrogens with zero attached hydrogens (tertiary/aromatic N) is 4. The van der Waals surface area contributed by atoms with Crippen molar-refractivity contribution in [2.45, 2.75) is 38.8 Å². The molecule has 3 aromatic rings. The molecule has 5 nitrogen and oxygen atoms in total. The molecule has 3 heterocycles. The molecule has 0 aliphatic heterocycles. The van der Waals surface area contributed by atoms with E-state index in [-0.39, 0.29) is 0 Å². The van der Waals surface area contributed by atoms with Crippen LogP contribution >= 0.6 is 11.3 Å². The van der Waals surface area contributed by atoms with Gasteiger partial charge in [-0.1, -0.05) is 19.1 Å². The number of aliphatic hydroxyl groups excluding tert-OH is 1. The van der Waals surface area contributed by atoms with Crippen molar-refractivity contribution >= 4 is 11.3 Å². The van der Waals surface area contributed by atoms with Crippen LogP contribution < -0.4 is 0 Å². The minimum absolute atomic E-state index is 0.404. The fourth-order valence-electron chi connectivity index (χ4n) is 2.36. The molecule has 1 N–H and O–H groups in total. The van der Waals surface area contributed by atoms with Crippen LogP contribution in [0.1, 0.15) is 35.4 Å². The van der Waals surface area contributed by atoms with Crippen molar-refractivity contribution in [2.75, 3.05) is 0 Å². The highest BCUT2D eigenvalue weighted by Gasteiger charge is 2.14. The van der Waals surface area contributed by atoms with E-state index in [1.807, 2.05) is 36.0 Å². The summed E-state index contributed by atoms with van der Waals surface area (Å²) in [4.78, 5) is 10.1. The van der Waals surface area contributed by atoms with Crippen LogP contribution in [0.5, 0.6) is 0 Å². The van der Waals surface area contributed by atoms with Crippen molar-refractivity contribution in [1.82, 2.24) is 19.7 Å². The average Bonchev–Trinajstić information content (AvgIpc) is 3.19. The smallest absolute Gasteiger partial charge is 0.156 e. The second kappa shape index (κ2) is 7.48. The van der Waals surface area contributed by atoms with Crippen molar-refractivity contribution in [1.29, 1.82) is 0 Å². The Labute approximate surface area is 139 Å². The maximum atomic E-state index is 9.97. The number of hydrogen-bond donors (Lipinski definition) is 1. The van der Waals surface area contributed by atoms with E-state index < -0.39 is 6.10 Å². The average molecular weight is 328 g/mol. The molecule has 0 saturated heterocycles. The van der Waals surface area contributed by atoms with E-state index in [9.17, 15) is 5.11 Å². The van der Waals surface area contributed by atoms with Gasteiger partial charge in [-0.3, -0.25) is 4.98 Å². The molecule has 0 aliphatic carbocycles. The second-order valence-electron chi connectivity index (χ2n) is 5.48. The normalized spacial score (nSPS) is 12.4. The highest BCUT2D eigenvalue weighted by molar-refractivity contribution is 7.09. The maximum absolute atomic E-state index is 9.97. The zero-order chi connectivity index (χ0) is 16.1. The molecule has 0 amide bonds. The summed E-state index contributed by atoms with van der Waals surface area (Å²) in [6.07, 6.45) is 5.30. The molecule has 1 atom stereocenters. The molecule has 0 unspecified atom stereocenters. The highest BCUT2D eigenvalue weighted by atomic mass is 32.1. The van der Waals surface area contributed by atoms with Crippen LogP contribution in [0.15, 0.2) is 42.0 Å². The standard InChI is InChI=1S/C17H20N4OS/c1-2-14(22)12-21-17(9-13-5-3-7-18-11-13)19-16(20-21)10-15-6-4-8-23-15/h3-8,11,14,22H,2,9-10,12H2,1H3/t14-/m0/s1. The molecule has 0 radical (unpaired) electrons. The summed E-state index contributed by atoms with van der Waals surface area (Å²) >= 11 is 1.71. The number of rotatable bonds is 7. The number of thiophene rings is 1. The van der Waals surface area contributed by atoms with E-state index in [2.05, 4.69) is 26.5 Å². The van der Waals surface area contributed by atoms with Crippen LogP contribution in [0, 0.1) is 0 Å². The van der Waals surface area contributed by atoms with Crippen LogP contribution in [-0.4, -0.2) is 31.0 Å². The van der Waals surface area contributed by atoms with Crippen molar-refractivity contribution in [2.24, 2.45) is 0 Å². The van der Waals surface area contributed by atoms with Crippen molar-refractivity contribution in [3.05, 3.63) is 64.1 Å². The lowest BCUT2D eigenvalue weighted by Gasteiger charge is -2.10. The van der Waals surface area contributed by atoms with Gasteiger partial charge < -0.3 is 5.11 Å². The van der Waals surface area contributed by atoms with Gasteiger partial charge >= 0.3 is 0 Å². The zero-order valence-corrected chi connectivity index (χ0v) is 13.9. The molecule has 0 bridgehead atoms. The lowest BCUT2D eigenvalue weighted by Crippen LogP contribution is -2.18. The minimum atomic E-state index is -0.404. The van der Waals surface area contributed by atoms with Crippen LogP contribution in [-0.2, 0) is 19.4 Å². The van der Waals surface area contributed by atoms with Gasteiger partial charge in [0, 0.05) is 30.1 Å². The first-order valence-electron chi connectivity index (χ1n) is 7.76. The van der Waals surface area contributed by atoms with Crippen molar-refractivity contribution in [3.63, 3.8) is 0 Å². The summed E-state index contributed by atoms with van der Waals surface area (Å²) in [6, 6.07) is 8.08. The van der Waals surface area contributed by atoms with Gasteiger partial charge in [-0.25, -0.2) is 9.67 Å². The van der Waals surface area contributed by atoms with Crippen molar-refractivity contribution < 1.29 is 5.11 Å². The highest BCUT2D eigenvalue weighted by Crippen LogP contribution is 2.15. The van der Waals surface area contributed by atoms with Gasteiger partial charge in [-0.05, 0) is 29.5 Å². The SMILES string of the molecule is CC[C@H](O)Cn1nc(Cc2cccs2)nc1Cc1cccnc1. The Morgan fingerprint density at radius 1 is 1.26 bits per heavy atom. The van der Waals surface area contributed by atoms with Crippen LogP contribution in [0.25, 0.3) is 0 Å². The van der Waals surface area contributed by atoms with E-state index in [1.165, 1.54) is 4.88 Å². The molecule has 0 aliphatic rings. The van der Waals surface area contributed by atoms with Crippen molar-refractivity contribution in [3.8, 4) is 0 Å². The Hall–Kier alpha value is -2.05. The van der Waals surface area contributed by atoms with Gasteiger partial charge in [-0.2, -0.15) is 5.10 Å². The summed E-state index contributed by atoms with van der Waals surface area (Å²) < 4.78 is 1.84. The number of aliphatic hydroxyl groups is 1. The quantitative estimate of drug-likeness (QED) is 0.724. The van der Waals surface area contributed by atoms with Gasteiger partial charge in [0.25, 0.3) is 0 Å². The van der Waals surface area contributed by atoms with E-state index >= 15 is 0 Å². The molecule has 23 heavy (non-hydrogen) atoms. The Balaban J connectivity index is 1.83. The summed E-state index contributed by atoms with van der Waals surface area (Å²) in [5, 5.41) is 16.6. The topological polar surface area (TPSA) is 63.8 Å². The monoisotopic (exact) mass is 328 g/mol. The first-order chi connectivity index (χ1) is 11.2. The third kappa shape index (κ3) is 4.24. The summed E-state index contributed by atoms with van der Waals surface area (Å²) in [6.45, 7) is 2.44. The van der Waals surface area contributed by atoms with Gasteiger partial charge in [0.05, 0.1) is 12.6 Å². The Kier molecular flexibility index (Phi) is 5.15. The molecule has 0 fully saturated rings. The third-order valence-corrected chi connectivity index (χ3v) is 4.52. The van der Waals surface area contributed by atoms with E-state index in [1.54, 1.807) is 17.5 Å². The van der Waals surface area contributed by atoms with Crippen LogP contribution in [0.4, 0.5) is 0 Å². The van der Waals surface area contributed by atoms with Gasteiger partial charge in [0.1, 0.15) is 5.82 Å². The summed E-state index contributed by atoms with van der Waals surface area (Å²) in [5.74, 6) is 1.67. The Morgan fingerprint density at radius 3 is 2.87 bits per heavy atom. The van der Waals surface area contributed by atoms with E-state index in [0.29, 0.717) is 19.4 Å². The first-order valence-corrected chi connectivity index (χ1v) is 8.64. The molecule has 6 heteroatoms.